The molecule has 0 saturated carbocycles. The normalized spacial score (nSPS) is 21.1. The zero-order chi connectivity index (χ0) is 9.90. The third-order valence-corrected chi connectivity index (χ3v) is 3.26. The van der Waals surface area contributed by atoms with Gasteiger partial charge in [0.25, 0.3) is 0 Å². The lowest BCUT2D eigenvalue weighted by atomic mass is 9.75. The zero-order valence-corrected chi connectivity index (χ0v) is 8.55. The molecule has 0 atom stereocenters. The first-order valence-corrected chi connectivity index (χ1v) is 5.06. The summed E-state index contributed by atoms with van der Waals surface area (Å²) in [6.07, 6.45) is 2.71. The van der Waals surface area contributed by atoms with Gasteiger partial charge in [-0.25, -0.2) is 0 Å². The minimum Gasteiger partial charge on any atom is -0.481 e. The van der Waals surface area contributed by atoms with Gasteiger partial charge in [0.2, 0.25) is 0 Å². The molecule has 0 aliphatic carbocycles. The van der Waals surface area contributed by atoms with E-state index in [-0.39, 0.29) is 6.42 Å². The quantitative estimate of drug-likeness (QED) is 0.707. The molecule has 0 aromatic heterocycles. The molecule has 0 amide bonds. The smallest absolute Gasteiger partial charge is 0.304 e. The van der Waals surface area contributed by atoms with Gasteiger partial charge in [-0.3, -0.25) is 4.79 Å². The highest BCUT2D eigenvalue weighted by atomic mass is 16.4. The Balaban J connectivity index is 2.20. The van der Waals surface area contributed by atoms with Crippen LogP contribution in [-0.4, -0.2) is 35.6 Å². The van der Waals surface area contributed by atoms with Gasteiger partial charge in [-0.2, -0.15) is 0 Å². The monoisotopic (exact) mass is 185 g/mol. The molecule has 0 aromatic carbocycles. The van der Waals surface area contributed by atoms with Crippen LogP contribution in [0.2, 0.25) is 0 Å². The Morgan fingerprint density at radius 2 is 1.92 bits per heavy atom. The fourth-order valence-electron chi connectivity index (χ4n) is 2.01. The van der Waals surface area contributed by atoms with Gasteiger partial charge in [0.15, 0.2) is 0 Å². The SMILES string of the molecule is CCC1(CC)CN(CCC(=O)O)C1. The van der Waals surface area contributed by atoms with Gasteiger partial charge in [-0.1, -0.05) is 13.8 Å². The van der Waals surface area contributed by atoms with Crippen molar-refractivity contribution in [3.63, 3.8) is 0 Å². The molecule has 76 valence electrons. The van der Waals surface area contributed by atoms with Crippen LogP contribution in [0.1, 0.15) is 33.1 Å². The highest BCUT2D eigenvalue weighted by Gasteiger charge is 2.39. The molecule has 0 radical (unpaired) electrons. The third kappa shape index (κ3) is 2.44. The van der Waals surface area contributed by atoms with E-state index in [1.165, 1.54) is 12.8 Å². The number of nitrogens with zero attached hydrogens (tertiary/aromatic N) is 1. The molecule has 0 aromatic rings. The molecule has 1 fully saturated rings. The fraction of sp³-hybridized carbons (Fsp3) is 0.900. The minimum atomic E-state index is -0.689. The van der Waals surface area contributed by atoms with Crippen molar-refractivity contribution < 1.29 is 9.90 Å². The average Bonchev–Trinajstić information content (AvgIpc) is 2.03. The number of carbonyl (C=O) groups is 1. The van der Waals surface area contributed by atoms with Crippen LogP contribution in [0.5, 0.6) is 0 Å². The van der Waals surface area contributed by atoms with E-state index in [1.807, 2.05) is 0 Å². The van der Waals surface area contributed by atoms with Crippen molar-refractivity contribution in [2.24, 2.45) is 5.41 Å². The van der Waals surface area contributed by atoms with Gasteiger partial charge in [-0.05, 0) is 18.3 Å². The van der Waals surface area contributed by atoms with Gasteiger partial charge in [0, 0.05) is 19.6 Å². The van der Waals surface area contributed by atoms with Crippen LogP contribution < -0.4 is 0 Å². The lowest BCUT2D eigenvalue weighted by Crippen LogP contribution is -2.55. The molecule has 0 unspecified atom stereocenters. The maximum absolute atomic E-state index is 10.3. The second-order valence-corrected chi connectivity index (χ2v) is 4.06. The van der Waals surface area contributed by atoms with Crippen LogP contribution in [-0.2, 0) is 4.79 Å². The van der Waals surface area contributed by atoms with Gasteiger partial charge >= 0.3 is 5.97 Å². The minimum absolute atomic E-state index is 0.281. The van der Waals surface area contributed by atoms with Crippen LogP contribution in [0.25, 0.3) is 0 Å². The summed E-state index contributed by atoms with van der Waals surface area (Å²) in [5.41, 5.74) is 0.499. The summed E-state index contributed by atoms with van der Waals surface area (Å²) in [5, 5.41) is 8.50. The topological polar surface area (TPSA) is 40.5 Å². The van der Waals surface area contributed by atoms with Crippen molar-refractivity contribution in [3.8, 4) is 0 Å². The lowest BCUT2D eigenvalue weighted by molar-refractivity contribution is -0.138. The zero-order valence-electron chi connectivity index (χ0n) is 8.55. The van der Waals surface area contributed by atoms with Crippen LogP contribution >= 0.6 is 0 Å². The highest BCUT2D eigenvalue weighted by molar-refractivity contribution is 5.66. The molecule has 3 heteroatoms. The van der Waals surface area contributed by atoms with E-state index in [0.29, 0.717) is 5.41 Å². The largest absolute Gasteiger partial charge is 0.481 e. The van der Waals surface area contributed by atoms with Crippen LogP contribution in [0, 0.1) is 5.41 Å². The highest BCUT2D eigenvalue weighted by Crippen LogP contribution is 2.36. The van der Waals surface area contributed by atoms with Gasteiger partial charge < -0.3 is 10.0 Å². The number of carboxylic acid groups (broad SMARTS) is 1. The first kappa shape index (κ1) is 10.5. The average molecular weight is 185 g/mol. The Hall–Kier alpha value is -0.570. The van der Waals surface area contributed by atoms with E-state index in [4.69, 9.17) is 5.11 Å². The second kappa shape index (κ2) is 4.09. The molecule has 0 bridgehead atoms. The summed E-state index contributed by atoms with van der Waals surface area (Å²) in [5.74, 6) is -0.689. The Labute approximate surface area is 79.7 Å². The standard InChI is InChI=1S/C10H19NO2/c1-3-10(4-2)7-11(8-10)6-5-9(12)13/h3-8H2,1-2H3,(H,12,13). The van der Waals surface area contributed by atoms with Gasteiger partial charge in [0.1, 0.15) is 0 Å². The number of likely N-dealkylation sites (tertiary alicyclic amines) is 1. The van der Waals surface area contributed by atoms with E-state index < -0.39 is 5.97 Å². The Kier molecular flexibility index (Phi) is 3.31. The molecule has 13 heavy (non-hydrogen) atoms. The first-order chi connectivity index (χ1) is 6.12. The summed E-state index contributed by atoms with van der Waals surface area (Å²) in [7, 11) is 0. The number of carboxylic acids is 1. The molecular formula is C10H19NO2. The Morgan fingerprint density at radius 1 is 1.38 bits per heavy atom. The molecule has 1 N–H and O–H groups in total. The van der Waals surface area contributed by atoms with Gasteiger partial charge in [-0.15, -0.1) is 0 Å². The molecular weight excluding hydrogens is 166 g/mol. The van der Waals surface area contributed by atoms with E-state index in [1.54, 1.807) is 0 Å². The molecule has 3 nitrogen and oxygen atoms in total. The van der Waals surface area contributed by atoms with Crippen LogP contribution in [0.4, 0.5) is 0 Å². The van der Waals surface area contributed by atoms with Crippen LogP contribution in [0.3, 0.4) is 0 Å². The molecule has 1 saturated heterocycles. The van der Waals surface area contributed by atoms with Crippen LogP contribution in [0.15, 0.2) is 0 Å². The summed E-state index contributed by atoms with van der Waals surface area (Å²) in [4.78, 5) is 12.6. The second-order valence-electron chi connectivity index (χ2n) is 4.06. The Bertz CT molecular complexity index is 179. The number of hydrogen-bond acceptors (Lipinski definition) is 2. The van der Waals surface area contributed by atoms with Crippen molar-refractivity contribution in [2.75, 3.05) is 19.6 Å². The summed E-state index contributed by atoms with van der Waals surface area (Å²) < 4.78 is 0. The predicted molar refractivity (Wildman–Crippen MR) is 51.7 cm³/mol. The summed E-state index contributed by atoms with van der Waals surface area (Å²) >= 11 is 0. The molecule has 1 rings (SSSR count). The van der Waals surface area contributed by atoms with E-state index >= 15 is 0 Å². The van der Waals surface area contributed by atoms with Gasteiger partial charge in [0.05, 0.1) is 6.42 Å². The lowest BCUT2D eigenvalue weighted by Gasteiger charge is -2.49. The summed E-state index contributed by atoms with van der Waals surface area (Å²) in [6.45, 7) is 7.34. The Morgan fingerprint density at radius 3 is 2.31 bits per heavy atom. The first-order valence-electron chi connectivity index (χ1n) is 5.06. The maximum atomic E-state index is 10.3. The van der Waals surface area contributed by atoms with E-state index in [2.05, 4.69) is 18.7 Å². The van der Waals surface area contributed by atoms with E-state index in [9.17, 15) is 4.79 Å². The van der Waals surface area contributed by atoms with Crippen molar-refractivity contribution in [3.05, 3.63) is 0 Å². The van der Waals surface area contributed by atoms with Crippen molar-refractivity contribution in [2.45, 2.75) is 33.1 Å². The number of hydrogen-bond donors (Lipinski definition) is 1. The molecule has 0 spiro atoms. The van der Waals surface area contributed by atoms with Crippen molar-refractivity contribution >= 4 is 5.97 Å². The molecule has 1 aliphatic heterocycles. The predicted octanol–water partition coefficient (Wildman–Crippen LogP) is 1.58. The third-order valence-electron chi connectivity index (χ3n) is 3.26. The fourth-order valence-corrected chi connectivity index (χ4v) is 2.01. The van der Waals surface area contributed by atoms with Crippen molar-refractivity contribution in [1.29, 1.82) is 0 Å². The van der Waals surface area contributed by atoms with Crippen molar-refractivity contribution in [1.82, 2.24) is 4.90 Å². The molecule has 1 aliphatic rings. The summed E-state index contributed by atoms with van der Waals surface area (Å²) in [6, 6.07) is 0. The molecule has 1 heterocycles. The maximum Gasteiger partial charge on any atom is 0.304 e. The number of aliphatic carboxylic acids is 1. The van der Waals surface area contributed by atoms with E-state index in [0.717, 1.165) is 19.6 Å². The number of rotatable bonds is 5.